The summed E-state index contributed by atoms with van der Waals surface area (Å²) in [5, 5.41) is 3.84. The Kier molecular flexibility index (Phi) is 7.83. The minimum atomic E-state index is -3.67. The summed E-state index contributed by atoms with van der Waals surface area (Å²) in [5.74, 6) is -0.238. The van der Waals surface area contributed by atoms with Gasteiger partial charge in [0.15, 0.2) is 0 Å². The molecule has 8 heteroatoms. The molecular weight excluding hydrogens is 414 g/mol. The Labute approximate surface area is 183 Å². The fourth-order valence-electron chi connectivity index (χ4n) is 3.31. The number of rotatable bonds is 8. The van der Waals surface area contributed by atoms with E-state index in [1.54, 1.807) is 24.3 Å². The second-order valence-electron chi connectivity index (χ2n) is 7.39. The van der Waals surface area contributed by atoms with Crippen molar-refractivity contribution < 1.29 is 18.0 Å². The van der Waals surface area contributed by atoms with Gasteiger partial charge in [-0.15, -0.1) is 0 Å². The van der Waals surface area contributed by atoms with E-state index in [-0.39, 0.29) is 24.8 Å². The molecule has 0 aliphatic carbocycles. The highest BCUT2D eigenvalue weighted by atomic mass is 32.2. The third kappa shape index (κ3) is 7.25. The SMILES string of the molecule is O=C(NCCC(=O)N1CCCCC1)c1ccc(NS(=O)(=O)C=Cc2ccccc2)cc1. The number of carbonyl (C=O) groups excluding carboxylic acids is 2. The van der Waals surface area contributed by atoms with Crippen molar-refractivity contribution in [3.05, 3.63) is 71.1 Å². The number of likely N-dealkylation sites (tertiary alicyclic amines) is 1. The number of anilines is 1. The van der Waals surface area contributed by atoms with E-state index in [0.717, 1.165) is 43.3 Å². The molecule has 0 spiro atoms. The lowest BCUT2D eigenvalue weighted by Crippen LogP contribution is -2.37. The van der Waals surface area contributed by atoms with Crippen LogP contribution in [0.25, 0.3) is 6.08 Å². The van der Waals surface area contributed by atoms with Crippen molar-refractivity contribution in [1.82, 2.24) is 10.2 Å². The van der Waals surface area contributed by atoms with Crippen molar-refractivity contribution in [2.75, 3.05) is 24.4 Å². The van der Waals surface area contributed by atoms with Gasteiger partial charge in [0.1, 0.15) is 0 Å². The lowest BCUT2D eigenvalue weighted by atomic mass is 10.1. The number of hydrogen-bond donors (Lipinski definition) is 2. The molecule has 0 bridgehead atoms. The van der Waals surface area contributed by atoms with Crippen LogP contribution >= 0.6 is 0 Å². The number of hydrogen-bond acceptors (Lipinski definition) is 4. The first kappa shape index (κ1) is 22.6. The quantitative estimate of drug-likeness (QED) is 0.657. The third-order valence-corrected chi connectivity index (χ3v) is 5.99. The maximum atomic E-state index is 12.3. The standard InChI is InChI=1S/C23H27N3O4S/c27-22(26-16-5-2-6-17-26)13-15-24-23(28)20-9-11-21(12-10-20)25-31(29,30)18-14-19-7-3-1-4-8-19/h1,3-4,7-12,14,18,25H,2,5-6,13,15-17H2,(H,24,28). The fourth-order valence-corrected chi connectivity index (χ4v) is 4.18. The Balaban J connectivity index is 1.48. The predicted molar refractivity (Wildman–Crippen MR) is 122 cm³/mol. The summed E-state index contributed by atoms with van der Waals surface area (Å²) in [5.41, 5.74) is 1.53. The van der Waals surface area contributed by atoms with E-state index >= 15 is 0 Å². The van der Waals surface area contributed by atoms with Crippen LogP contribution < -0.4 is 10.0 Å². The Morgan fingerprint density at radius 2 is 1.61 bits per heavy atom. The molecule has 1 saturated heterocycles. The molecule has 1 aliphatic rings. The lowest BCUT2D eigenvalue weighted by molar-refractivity contribution is -0.131. The van der Waals surface area contributed by atoms with Crippen molar-refractivity contribution >= 4 is 33.6 Å². The number of carbonyl (C=O) groups is 2. The third-order valence-electron chi connectivity index (χ3n) is 4.98. The Morgan fingerprint density at radius 3 is 2.29 bits per heavy atom. The number of sulfonamides is 1. The van der Waals surface area contributed by atoms with Crippen LogP contribution in [0.1, 0.15) is 41.6 Å². The van der Waals surface area contributed by atoms with E-state index in [0.29, 0.717) is 11.3 Å². The zero-order valence-electron chi connectivity index (χ0n) is 17.3. The molecule has 0 aromatic heterocycles. The first-order valence-corrected chi connectivity index (χ1v) is 11.9. The second-order valence-corrected chi connectivity index (χ2v) is 8.95. The molecule has 0 saturated carbocycles. The van der Waals surface area contributed by atoms with Gasteiger partial charge in [0, 0.05) is 37.3 Å². The molecule has 7 nitrogen and oxygen atoms in total. The molecule has 0 atom stereocenters. The summed E-state index contributed by atoms with van der Waals surface area (Å²) in [4.78, 5) is 26.3. The Morgan fingerprint density at radius 1 is 0.935 bits per heavy atom. The highest BCUT2D eigenvalue weighted by molar-refractivity contribution is 7.95. The van der Waals surface area contributed by atoms with E-state index < -0.39 is 10.0 Å². The molecule has 1 fully saturated rings. The molecule has 2 aromatic rings. The molecule has 31 heavy (non-hydrogen) atoms. The molecule has 164 valence electrons. The highest BCUT2D eigenvalue weighted by Crippen LogP contribution is 2.13. The summed E-state index contributed by atoms with van der Waals surface area (Å²) < 4.78 is 26.9. The van der Waals surface area contributed by atoms with Crippen molar-refractivity contribution in [1.29, 1.82) is 0 Å². The van der Waals surface area contributed by atoms with Gasteiger partial charge in [-0.1, -0.05) is 30.3 Å². The largest absolute Gasteiger partial charge is 0.352 e. The van der Waals surface area contributed by atoms with Gasteiger partial charge in [0.2, 0.25) is 5.91 Å². The molecular formula is C23H27N3O4S. The van der Waals surface area contributed by atoms with Crippen LogP contribution in [-0.2, 0) is 14.8 Å². The Bertz CT molecular complexity index is 1010. The summed E-state index contributed by atoms with van der Waals surface area (Å²) in [6.07, 6.45) is 5.02. The van der Waals surface area contributed by atoms with E-state index in [1.165, 1.54) is 18.2 Å². The molecule has 3 rings (SSSR count). The maximum absolute atomic E-state index is 12.3. The zero-order valence-corrected chi connectivity index (χ0v) is 18.1. The minimum Gasteiger partial charge on any atom is -0.352 e. The second kappa shape index (κ2) is 10.8. The van der Waals surface area contributed by atoms with Gasteiger partial charge in [0.05, 0.1) is 5.41 Å². The molecule has 1 aliphatic heterocycles. The van der Waals surface area contributed by atoms with Crippen LogP contribution in [-0.4, -0.2) is 44.8 Å². The summed E-state index contributed by atoms with van der Waals surface area (Å²) in [6, 6.07) is 15.3. The first-order valence-electron chi connectivity index (χ1n) is 10.3. The van der Waals surface area contributed by atoms with Gasteiger partial charge in [0.25, 0.3) is 15.9 Å². The van der Waals surface area contributed by atoms with Crippen molar-refractivity contribution in [3.63, 3.8) is 0 Å². The van der Waals surface area contributed by atoms with Gasteiger partial charge < -0.3 is 10.2 Å². The number of nitrogens with one attached hydrogen (secondary N) is 2. The fraction of sp³-hybridized carbons (Fsp3) is 0.304. The molecule has 0 unspecified atom stereocenters. The van der Waals surface area contributed by atoms with Crippen molar-refractivity contribution in [3.8, 4) is 0 Å². The van der Waals surface area contributed by atoms with Crippen LogP contribution in [0.2, 0.25) is 0 Å². The van der Waals surface area contributed by atoms with Crippen LogP contribution in [0.4, 0.5) is 5.69 Å². The number of nitrogens with zero attached hydrogens (tertiary/aromatic N) is 1. The summed E-state index contributed by atoms with van der Waals surface area (Å²) in [6.45, 7) is 1.86. The molecule has 0 radical (unpaired) electrons. The van der Waals surface area contributed by atoms with Crippen molar-refractivity contribution in [2.24, 2.45) is 0 Å². The monoisotopic (exact) mass is 441 g/mol. The van der Waals surface area contributed by atoms with Crippen LogP contribution in [0.15, 0.2) is 60.0 Å². The van der Waals surface area contributed by atoms with Gasteiger partial charge >= 0.3 is 0 Å². The van der Waals surface area contributed by atoms with Gasteiger partial charge in [-0.2, -0.15) is 0 Å². The first-order chi connectivity index (χ1) is 14.9. The normalized spacial score (nSPS) is 14.4. The smallest absolute Gasteiger partial charge is 0.255 e. The highest BCUT2D eigenvalue weighted by Gasteiger charge is 2.16. The molecule has 1 heterocycles. The summed E-state index contributed by atoms with van der Waals surface area (Å²) in [7, 11) is -3.67. The van der Waals surface area contributed by atoms with Gasteiger partial charge in [-0.3, -0.25) is 14.3 Å². The van der Waals surface area contributed by atoms with Crippen molar-refractivity contribution in [2.45, 2.75) is 25.7 Å². The van der Waals surface area contributed by atoms with E-state index in [4.69, 9.17) is 0 Å². The number of amides is 2. The topological polar surface area (TPSA) is 95.6 Å². The number of piperidine rings is 1. The zero-order chi connectivity index (χ0) is 22.1. The average Bonchev–Trinajstić information content (AvgIpc) is 2.79. The van der Waals surface area contributed by atoms with Gasteiger partial charge in [-0.25, -0.2) is 8.42 Å². The lowest BCUT2D eigenvalue weighted by Gasteiger charge is -2.26. The summed E-state index contributed by atoms with van der Waals surface area (Å²) >= 11 is 0. The molecule has 2 aromatic carbocycles. The predicted octanol–water partition coefficient (Wildman–Crippen LogP) is 3.23. The van der Waals surface area contributed by atoms with Crippen LogP contribution in [0.5, 0.6) is 0 Å². The van der Waals surface area contributed by atoms with Crippen LogP contribution in [0.3, 0.4) is 0 Å². The average molecular weight is 442 g/mol. The van der Waals surface area contributed by atoms with E-state index in [1.807, 2.05) is 23.1 Å². The van der Waals surface area contributed by atoms with Gasteiger partial charge in [-0.05, 0) is 55.2 Å². The van der Waals surface area contributed by atoms with Crippen LogP contribution in [0, 0.1) is 0 Å². The molecule has 2 N–H and O–H groups in total. The maximum Gasteiger partial charge on any atom is 0.255 e. The van der Waals surface area contributed by atoms with E-state index in [9.17, 15) is 18.0 Å². The molecule has 2 amide bonds. The number of benzene rings is 2. The van der Waals surface area contributed by atoms with E-state index in [2.05, 4.69) is 10.0 Å². The minimum absolute atomic E-state index is 0.0633. The Hall–Kier alpha value is -3.13.